The van der Waals surface area contributed by atoms with Crippen LogP contribution in [0, 0.1) is 6.92 Å². The lowest BCUT2D eigenvalue weighted by molar-refractivity contribution is -0.696. The highest BCUT2D eigenvalue weighted by molar-refractivity contribution is 5.14. The molecule has 84 valence electrons. The van der Waals surface area contributed by atoms with Gasteiger partial charge in [0.25, 0.3) is 0 Å². The second kappa shape index (κ2) is 6.44. The first kappa shape index (κ1) is 12.9. The number of halogens is 1. The van der Waals surface area contributed by atoms with Crippen molar-refractivity contribution in [3.63, 3.8) is 0 Å². The van der Waals surface area contributed by atoms with Gasteiger partial charge in [-0.3, -0.25) is 0 Å². The lowest BCUT2D eigenvalue weighted by Crippen LogP contribution is -3.00. The summed E-state index contributed by atoms with van der Waals surface area (Å²) in [7, 11) is 0. The molecule has 2 heteroatoms. The largest absolute Gasteiger partial charge is 1.00 e. The van der Waals surface area contributed by atoms with Gasteiger partial charge in [0.1, 0.15) is 0 Å². The molecule has 0 aliphatic rings. The molecule has 16 heavy (non-hydrogen) atoms. The van der Waals surface area contributed by atoms with Crippen LogP contribution in [0.25, 0.3) is 0 Å². The second-order valence-corrected chi connectivity index (χ2v) is 3.85. The van der Waals surface area contributed by atoms with Crippen molar-refractivity contribution < 1.29 is 21.5 Å². The van der Waals surface area contributed by atoms with Crippen LogP contribution in [-0.4, -0.2) is 0 Å². The van der Waals surface area contributed by atoms with Crippen LogP contribution in [0.5, 0.6) is 0 Å². The van der Waals surface area contributed by atoms with Crippen molar-refractivity contribution in [2.45, 2.75) is 19.9 Å². The van der Waals surface area contributed by atoms with Crippen LogP contribution in [-0.2, 0) is 13.0 Å². The molecule has 0 saturated carbocycles. The van der Waals surface area contributed by atoms with E-state index in [4.69, 9.17) is 0 Å². The third-order valence-corrected chi connectivity index (χ3v) is 2.56. The summed E-state index contributed by atoms with van der Waals surface area (Å²) < 4.78 is 2.22. The molecule has 0 aliphatic carbocycles. The number of rotatable bonds is 3. The molecule has 1 aromatic heterocycles. The Balaban J connectivity index is 0.00000128. The van der Waals surface area contributed by atoms with Crippen LogP contribution in [0.1, 0.15) is 11.1 Å². The molecule has 0 N–H and O–H groups in total. The normalized spacial score (nSPS) is 9.56. The third kappa shape index (κ3) is 3.78. The summed E-state index contributed by atoms with van der Waals surface area (Å²) in [5.41, 5.74) is 2.71. The second-order valence-electron chi connectivity index (χ2n) is 3.85. The number of aromatic nitrogens is 1. The number of benzene rings is 1. The topological polar surface area (TPSA) is 3.88 Å². The van der Waals surface area contributed by atoms with Crippen LogP contribution >= 0.6 is 0 Å². The molecule has 2 rings (SSSR count). The molecule has 0 amide bonds. The highest BCUT2D eigenvalue weighted by atomic mass is 79.9. The third-order valence-electron chi connectivity index (χ3n) is 2.56. The molecule has 0 radical (unpaired) electrons. The Hall–Kier alpha value is -1.15. The first-order valence-corrected chi connectivity index (χ1v) is 5.34. The van der Waals surface area contributed by atoms with E-state index in [1.807, 2.05) is 0 Å². The Kier molecular flexibility index (Phi) is 5.20. The summed E-state index contributed by atoms with van der Waals surface area (Å²) in [6, 6.07) is 14.9. The van der Waals surface area contributed by atoms with Gasteiger partial charge < -0.3 is 17.0 Å². The highest BCUT2D eigenvalue weighted by Crippen LogP contribution is 1.99. The van der Waals surface area contributed by atoms with Gasteiger partial charge >= 0.3 is 0 Å². The van der Waals surface area contributed by atoms with Gasteiger partial charge in [-0.25, -0.2) is 4.57 Å². The van der Waals surface area contributed by atoms with Gasteiger partial charge in [0.05, 0.1) is 0 Å². The van der Waals surface area contributed by atoms with Crippen LogP contribution < -0.4 is 21.5 Å². The number of hydrogen-bond donors (Lipinski definition) is 0. The molecular weight excluding hydrogens is 262 g/mol. The zero-order valence-corrected chi connectivity index (χ0v) is 11.0. The standard InChI is InChI=1S/C14H16N.BrH/c1-13-7-10-15(11-8-13)12-9-14-5-3-2-4-6-14;/h2-8,10-11H,9,12H2,1H3;1H/q+1;/p-1. The van der Waals surface area contributed by atoms with Gasteiger partial charge in [0.15, 0.2) is 18.9 Å². The monoisotopic (exact) mass is 277 g/mol. The van der Waals surface area contributed by atoms with Crippen molar-refractivity contribution in [1.29, 1.82) is 0 Å². The maximum Gasteiger partial charge on any atom is 0.169 e. The Labute approximate surface area is 108 Å². The van der Waals surface area contributed by atoms with Crippen molar-refractivity contribution in [1.82, 2.24) is 0 Å². The fourth-order valence-corrected chi connectivity index (χ4v) is 1.58. The molecular formula is C14H16BrN. The molecule has 0 atom stereocenters. The minimum atomic E-state index is 0. The first-order valence-electron chi connectivity index (χ1n) is 5.34. The maximum absolute atomic E-state index is 2.22. The zero-order valence-electron chi connectivity index (χ0n) is 9.44. The fourth-order valence-electron chi connectivity index (χ4n) is 1.58. The van der Waals surface area contributed by atoms with E-state index in [1.54, 1.807) is 0 Å². The van der Waals surface area contributed by atoms with Crippen LogP contribution in [0.4, 0.5) is 0 Å². The van der Waals surface area contributed by atoms with Crippen molar-refractivity contribution in [3.05, 3.63) is 66.0 Å². The summed E-state index contributed by atoms with van der Waals surface area (Å²) in [6.45, 7) is 3.16. The summed E-state index contributed by atoms with van der Waals surface area (Å²) in [5, 5.41) is 0. The molecule has 0 fully saturated rings. The van der Waals surface area contributed by atoms with Crippen LogP contribution in [0.15, 0.2) is 54.9 Å². The van der Waals surface area contributed by atoms with Crippen LogP contribution in [0.3, 0.4) is 0 Å². The lowest BCUT2D eigenvalue weighted by atomic mass is 10.1. The Bertz CT molecular complexity index is 409. The van der Waals surface area contributed by atoms with E-state index in [9.17, 15) is 0 Å². The molecule has 0 saturated heterocycles. The SMILES string of the molecule is Cc1cc[n+](CCc2ccccc2)cc1.[Br-]. The van der Waals surface area contributed by atoms with Crippen molar-refractivity contribution in [3.8, 4) is 0 Å². The molecule has 0 bridgehead atoms. The Morgan fingerprint density at radius 2 is 1.56 bits per heavy atom. The quantitative estimate of drug-likeness (QED) is 0.668. The fraction of sp³-hybridized carbons (Fsp3) is 0.214. The van der Waals surface area contributed by atoms with Crippen molar-refractivity contribution in [2.75, 3.05) is 0 Å². The molecule has 1 aromatic carbocycles. The van der Waals surface area contributed by atoms with E-state index < -0.39 is 0 Å². The first-order chi connectivity index (χ1) is 7.34. The summed E-state index contributed by atoms with van der Waals surface area (Å²) >= 11 is 0. The molecule has 1 nitrogen and oxygen atoms in total. The van der Waals surface area contributed by atoms with Gasteiger partial charge in [-0.15, -0.1) is 0 Å². The van der Waals surface area contributed by atoms with E-state index in [0.717, 1.165) is 13.0 Å². The van der Waals surface area contributed by atoms with Crippen molar-refractivity contribution in [2.24, 2.45) is 0 Å². The number of hydrogen-bond acceptors (Lipinski definition) is 0. The summed E-state index contributed by atoms with van der Waals surface area (Å²) in [4.78, 5) is 0. The van der Waals surface area contributed by atoms with Crippen LogP contribution in [0.2, 0.25) is 0 Å². The van der Waals surface area contributed by atoms with E-state index in [2.05, 4.69) is 66.3 Å². The summed E-state index contributed by atoms with van der Waals surface area (Å²) in [6.07, 6.45) is 5.37. The van der Waals surface area contributed by atoms with Gasteiger partial charge in [0.2, 0.25) is 0 Å². The average Bonchev–Trinajstić information content (AvgIpc) is 2.30. The highest BCUT2D eigenvalue weighted by Gasteiger charge is 1.99. The van der Waals surface area contributed by atoms with Crippen molar-refractivity contribution >= 4 is 0 Å². The van der Waals surface area contributed by atoms with E-state index in [0.29, 0.717) is 0 Å². The molecule has 0 spiro atoms. The van der Waals surface area contributed by atoms with E-state index in [1.165, 1.54) is 11.1 Å². The van der Waals surface area contributed by atoms with Gasteiger partial charge in [-0.1, -0.05) is 30.3 Å². The predicted molar refractivity (Wildman–Crippen MR) is 61.5 cm³/mol. The average molecular weight is 278 g/mol. The van der Waals surface area contributed by atoms with E-state index in [-0.39, 0.29) is 17.0 Å². The molecule has 2 aromatic rings. The van der Waals surface area contributed by atoms with E-state index >= 15 is 0 Å². The lowest BCUT2D eigenvalue weighted by Gasteiger charge is -1.98. The minimum absolute atomic E-state index is 0. The van der Waals surface area contributed by atoms with Gasteiger partial charge in [-0.05, 0) is 18.1 Å². The number of pyridine rings is 1. The van der Waals surface area contributed by atoms with Gasteiger partial charge in [-0.2, -0.15) is 0 Å². The zero-order chi connectivity index (χ0) is 10.5. The maximum atomic E-state index is 2.22. The molecule has 0 unspecified atom stereocenters. The summed E-state index contributed by atoms with van der Waals surface area (Å²) in [5.74, 6) is 0. The Morgan fingerprint density at radius 3 is 2.19 bits per heavy atom. The molecule has 0 aliphatic heterocycles. The predicted octanol–water partition coefficient (Wildman–Crippen LogP) is -0.471. The number of nitrogens with zero attached hydrogens (tertiary/aromatic N) is 1. The van der Waals surface area contributed by atoms with Gasteiger partial charge in [0, 0.05) is 18.6 Å². The Morgan fingerprint density at radius 1 is 0.938 bits per heavy atom. The smallest absolute Gasteiger partial charge is 0.169 e. The minimum Gasteiger partial charge on any atom is -1.00 e. The number of aryl methyl sites for hydroxylation is 3. The molecule has 1 heterocycles.